The summed E-state index contributed by atoms with van der Waals surface area (Å²) in [4.78, 5) is 22.7. The first-order valence-electron chi connectivity index (χ1n) is 15.1. The van der Waals surface area contributed by atoms with Gasteiger partial charge in [0.25, 0.3) is 0 Å². The van der Waals surface area contributed by atoms with Crippen molar-refractivity contribution in [2.45, 2.75) is 45.3 Å². The van der Waals surface area contributed by atoms with E-state index in [0.29, 0.717) is 26.2 Å². The lowest BCUT2D eigenvalue weighted by Gasteiger charge is -2.38. The highest BCUT2D eigenvalue weighted by molar-refractivity contribution is 5.79. The van der Waals surface area contributed by atoms with Crippen LogP contribution in [0.2, 0.25) is 0 Å². The number of amides is 1. The third-order valence-corrected chi connectivity index (χ3v) is 8.68. The predicted octanol–water partition coefficient (Wildman–Crippen LogP) is 6.06. The number of hydrogen-bond donors (Lipinski definition) is 0. The van der Waals surface area contributed by atoms with E-state index >= 15 is 0 Å². The van der Waals surface area contributed by atoms with E-state index in [0.717, 1.165) is 78.2 Å². The van der Waals surface area contributed by atoms with Crippen LogP contribution >= 0.6 is 0 Å². The fourth-order valence-electron chi connectivity index (χ4n) is 6.37. The van der Waals surface area contributed by atoms with Crippen LogP contribution in [0.15, 0.2) is 66.9 Å². The molecular weight excluding hydrogens is 531 g/mol. The zero-order valence-electron chi connectivity index (χ0n) is 24.5. The largest absolute Gasteiger partial charge is 0.494 e. The second-order valence-electron chi connectivity index (χ2n) is 11.3. The molecule has 4 aromatic rings. The van der Waals surface area contributed by atoms with Crippen LogP contribution in [-0.2, 0) is 16.1 Å². The summed E-state index contributed by atoms with van der Waals surface area (Å²) in [7, 11) is 1.75. The van der Waals surface area contributed by atoms with Crippen molar-refractivity contribution in [2.24, 2.45) is 5.92 Å². The second kappa shape index (κ2) is 12.6. The fraction of sp³-hybridized carbons (Fsp3) is 0.412. The Morgan fingerprint density at radius 1 is 0.976 bits per heavy atom. The van der Waals surface area contributed by atoms with Gasteiger partial charge in [-0.15, -0.1) is 0 Å². The van der Waals surface area contributed by atoms with Gasteiger partial charge in [0.15, 0.2) is 0 Å². The van der Waals surface area contributed by atoms with Crippen LogP contribution in [0, 0.1) is 11.7 Å². The molecule has 6 rings (SSSR count). The summed E-state index contributed by atoms with van der Waals surface area (Å²) >= 11 is 0. The Morgan fingerprint density at radius 2 is 1.76 bits per heavy atom. The van der Waals surface area contributed by atoms with Crippen LogP contribution in [0.4, 0.5) is 4.39 Å². The van der Waals surface area contributed by atoms with Gasteiger partial charge in [-0.05, 0) is 85.8 Å². The minimum Gasteiger partial charge on any atom is -0.494 e. The molecule has 8 heteroatoms. The highest BCUT2D eigenvalue weighted by atomic mass is 19.1. The van der Waals surface area contributed by atoms with Crippen molar-refractivity contribution < 1.29 is 18.7 Å². The zero-order chi connectivity index (χ0) is 29.1. The molecule has 1 saturated carbocycles. The van der Waals surface area contributed by atoms with Crippen molar-refractivity contribution in [1.82, 2.24) is 19.2 Å². The topological polar surface area (TPSA) is 59.3 Å². The summed E-state index contributed by atoms with van der Waals surface area (Å²) in [5, 5.41) is 0. The molecule has 2 aromatic heterocycles. The second-order valence-corrected chi connectivity index (χ2v) is 11.3. The van der Waals surface area contributed by atoms with Crippen LogP contribution in [0.25, 0.3) is 28.0 Å². The minimum atomic E-state index is -0.267. The van der Waals surface area contributed by atoms with Gasteiger partial charge >= 0.3 is 0 Å². The molecule has 7 nitrogen and oxygen atoms in total. The van der Waals surface area contributed by atoms with Crippen LogP contribution < -0.4 is 4.74 Å². The average Bonchev–Trinajstić information content (AvgIpc) is 3.39. The molecule has 1 amide bonds. The van der Waals surface area contributed by atoms with Gasteiger partial charge in [0.05, 0.1) is 24.1 Å². The molecule has 2 aliphatic rings. The molecule has 1 aliphatic carbocycles. The van der Waals surface area contributed by atoms with Gasteiger partial charge in [0.1, 0.15) is 17.2 Å². The monoisotopic (exact) mass is 570 g/mol. The van der Waals surface area contributed by atoms with E-state index < -0.39 is 0 Å². The lowest BCUT2D eigenvalue weighted by molar-refractivity contribution is -0.140. The van der Waals surface area contributed by atoms with Crippen molar-refractivity contribution in [3.63, 3.8) is 0 Å². The first-order chi connectivity index (χ1) is 20.5. The Morgan fingerprint density at radius 3 is 2.52 bits per heavy atom. The number of piperazine rings is 1. The number of nitrogens with zero attached hydrogens (tertiary/aromatic N) is 4. The number of fused-ring (bicyclic) bond motifs is 1. The number of carbonyl (C=O) groups excluding carboxylic acids is 1. The van der Waals surface area contributed by atoms with Crippen molar-refractivity contribution in [3.8, 4) is 28.1 Å². The van der Waals surface area contributed by atoms with Crippen LogP contribution in [0.5, 0.6) is 5.75 Å². The van der Waals surface area contributed by atoms with Gasteiger partial charge in [-0.3, -0.25) is 9.69 Å². The van der Waals surface area contributed by atoms with Crippen molar-refractivity contribution in [2.75, 3.05) is 39.9 Å². The molecule has 1 aliphatic heterocycles. The highest BCUT2D eigenvalue weighted by Gasteiger charge is 2.32. The van der Waals surface area contributed by atoms with Crippen LogP contribution in [0.1, 0.15) is 38.3 Å². The molecule has 42 heavy (non-hydrogen) atoms. The van der Waals surface area contributed by atoms with Gasteiger partial charge in [-0.2, -0.15) is 0 Å². The van der Waals surface area contributed by atoms with E-state index in [-0.39, 0.29) is 23.7 Å². The normalized spacial score (nSPS) is 19.7. The Labute approximate surface area is 246 Å². The lowest BCUT2D eigenvalue weighted by atomic mass is 9.86. The Kier molecular flexibility index (Phi) is 8.53. The van der Waals surface area contributed by atoms with E-state index in [1.165, 1.54) is 12.1 Å². The molecule has 3 heterocycles. The number of halogens is 1. The van der Waals surface area contributed by atoms with E-state index in [4.69, 9.17) is 14.5 Å². The van der Waals surface area contributed by atoms with Crippen LogP contribution in [-0.4, -0.2) is 71.1 Å². The molecule has 2 atom stereocenters. The number of benzene rings is 2. The van der Waals surface area contributed by atoms with Crippen molar-refractivity contribution in [3.05, 3.63) is 78.4 Å². The number of imidazole rings is 1. The average molecular weight is 571 g/mol. The third kappa shape index (κ3) is 6.05. The SMILES string of the molecule is CCOc1cccc(-c2ccc3nc(-c4ccc(F)cc4)c(CN4CCN(C(=O)[C@H]5CCC[C@@H](OC)C5)CC4)n3c2)c1. The van der Waals surface area contributed by atoms with Gasteiger partial charge < -0.3 is 18.8 Å². The summed E-state index contributed by atoms with van der Waals surface area (Å²) in [6.45, 7) is 6.28. The zero-order valence-corrected chi connectivity index (χ0v) is 24.5. The molecule has 1 saturated heterocycles. The Hall–Kier alpha value is -3.75. The number of ether oxygens (including phenoxy) is 2. The fourth-order valence-corrected chi connectivity index (χ4v) is 6.37. The number of methoxy groups -OCH3 is 1. The number of hydrogen-bond acceptors (Lipinski definition) is 5. The Balaban J connectivity index is 1.26. The van der Waals surface area contributed by atoms with E-state index in [1.807, 2.05) is 30.0 Å². The summed E-state index contributed by atoms with van der Waals surface area (Å²) < 4.78 is 27.3. The molecule has 0 N–H and O–H groups in total. The molecule has 0 unspecified atom stereocenters. The minimum absolute atomic E-state index is 0.0683. The van der Waals surface area contributed by atoms with Gasteiger partial charge in [-0.1, -0.05) is 18.6 Å². The molecule has 2 aromatic carbocycles. The number of carbonyl (C=O) groups is 1. The quantitative estimate of drug-likeness (QED) is 0.258. The van der Waals surface area contributed by atoms with E-state index in [9.17, 15) is 9.18 Å². The first-order valence-corrected chi connectivity index (χ1v) is 15.1. The Bertz CT molecular complexity index is 1530. The predicted molar refractivity (Wildman–Crippen MR) is 162 cm³/mol. The molecule has 2 fully saturated rings. The summed E-state index contributed by atoms with van der Waals surface area (Å²) in [5.74, 6) is 0.915. The molecule has 0 radical (unpaired) electrons. The standard InChI is InChI=1S/C34H39FN4O3/c1-3-42-30-9-4-6-25(20-30)27-12-15-32-36-33(24-10-13-28(35)14-11-24)31(39(32)22-27)23-37-16-18-38(19-17-37)34(40)26-7-5-8-29(21-26)41-2/h4,6,9-15,20,22,26,29H,3,5,7-8,16-19,21,23H2,1-2H3/t26-,29+/m0/s1. The van der Waals surface area contributed by atoms with Gasteiger partial charge in [0, 0.05) is 57.5 Å². The van der Waals surface area contributed by atoms with E-state index in [1.54, 1.807) is 19.2 Å². The first kappa shape index (κ1) is 28.4. The molecule has 220 valence electrons. The summed E-state index contributed by atoms with van der Waals surface area (Å²) in [5.41, 5.74) is 5.75. The molecular formula is C34H39FN4O3. The maximum absolute atomic E-state index is 13.8. The number of rotatable bonds is 8. The van der Waals surface area contributed by atoms with Crippen molar-refractivity contribution >= 4 is 11.6 Å². The number of aromatic nitrogens is 2. The highest BCUT2D eigenvalue weighted by Crippen LogP contribution is 2.31. The summed E-state index contributed by atoms with van der Waals surface area (Å²) in [6.07, 6.45) is 6.20. The lowest BCUT2D eigenvalue weighted by Crippen LogP contribution is -2.50. The number of pyridine rings is 1. The van der Waals surface area contributed by atoms with Gasteiger partial charge in [-0.25, -0.2) is 9.37 Å². The van der Waals surface area contributed by atoms with Crippen LogP contribution in [0.3, 0.4) is 0 Å². The van der Waals surface area contributed by atoms with Crippen molar-refractivity contribution in [1.29, 1.82) is 0 Å². The summed E-state index contributed by atoms with van der Waals surface area (Å²) in [6, 6.07) is 18.8. The smallest absolute Gasteiger partial charge is 0.225 e. The van der Waals surface area contributed by atoms with E-state index in [2.05, 4.69) is 33.7 Å². The maximum atomic E-state index is 13.8. The molecule has 0 spiro atoms. The third-order valence-electron chi connectivity index (χ3n) is 8.68. The molecule has 0 bridgehead atoms. The maximum Gasteiger partial charge on any atom is 0.225 e. The van der Waals surface area contributed by atoms with Gasteiger partial charge in [0.2, 0.25) is 5.91 Å².